The molecule has 0 amide bonds. The molecule has 120 valence electrons. The molecule has 0 saturated heterocycles. The summed E-state index contributed by atoms with van der Waals surface area (Å²) in [6.07, 6.45) is 4.19. The molecule has 1 fully saturated rings. The minimum Gasteiger partial charge on any atom is -0.312 e. The number of rotatable bonds is 7. The van der Waals surface area contributed by atoms with Gasteiger partial charge in [-0.25, -0.2) is 0 Å². The van der Waals surface area contributed by atoms with Crippen LogP contribution in [0.15, 0.2) is 0 Å². The maximum atomic E-state index is 3.84. The zero-order chi connectivity index (χ0) is 15.3. The van der Waals surface area contributed by atoms with Gasteiger partial charge < -0.3 is 5.32 Å². The average Bonchev–Trinajstić information content (AvgIpc) is 2.40. The smallest absolute Gasteiger partial charge is 0.0308 e. The number of nitrogens with one attached hydrogen (secondary N) is 1. The Hall–Kier alpha value is -0.0800. The van der Waals surface area contributed by atoms with Crippen LogP contribution in [0, 0.1) is 17.8 Å². The Morgan fingerprint density at radius 2 is 1.65 bits per heavy atom. The summed E-state index contributed by atoms with van der Waals surface area (Å²) in [4.78, 5) is 2.63. The molecule has 2 heteroatoms. The van der Waals surface area contributed by atoms with Crippen LogP contribution < -0.4 is 5.32 Å². The summed E-state index contributed by atoms with van der Waals surface area (Å²) >= 11 is 0. The van der Waals surface area contributed by atoms with Crippen molar-refractivity contribution in [2.45, 2.75) is 79.3 Å². The molecule has 4 atom stereocenters. The normalized spacial score (nSPS) is 29.7. The molecule has 0 aromatic rings. The predicted octanol–water partition coefficient (Wildman–Crippen LogP) is 4.16. The first-order valence-electron chi connectivity index (χ1n) is 8.86. The third kappa shape index (κ3) is 3.98. The van der Waals surface area contributed by atoms with Gasteiger partial charge in [0, 0.05) is 11.6 Å². The van der Waals surface area contributed by atoms with Gasteiger partial charge in [-0.1, -0.05) is 41.0 Å². The molecule has 0 aliphatic heterocycles. The summed E-state index contributed by atoms with van der Waals surface area (Å²) in [6, 6.07) is 0.613. The molecular formula is C18H38N2. The van der Waals surface area contributed by atoms with Gasteiger partial charge in [0.15, 0.2) is 0 Å². The van der Waals surface area contributed by atoms with Crippen LogP contribution in [-0.4, -0.2) is 36.1 Å². The van der Waals surface area contributed by atoms with Gasteiger partial charge in [-0.3, -0.25) is 4.90 Å². The maximum absolute atomic E-state index is 3.84. The molecular weight excluding hydrogens is 244 g/mol. The molecule has 0 bridgehead atoms. The average molecular weight is 283 g/mol. The molecule has 1 aliphatic rings. The standard InChI is InChI=1S/C18H38N2/c1-8-19-17(18(6,7)20(9-2)10-3)16-12-11-14(4)15(5)13-16/h14-17,19H,8-13H2,1-7H3. The van der Waals surface area contributed by atoms with E-state index in [1.165, 1.54) is 19.3 Å². The molecule has 1 saturated carbocycles. The number of nitrogens with zero attached hydrogens (tertiary/aromatic N) is 1. The Bertz CT molecular complexity index is 271. The molecule has 0 aromatic carbocycles. The van der Waals surface area contributed by atoms with Crippen LogP contribution in [0.4, 0.5) is 0 Å². The topological polar surface area (TPSA) is 15.3 Å². The lowest BCUT2D eigenvalue weighted by atomic mass is 9.69. The largest absolute Gasteiger partial charge is 0.312 e. The number of likely N-dealkylation sites (N-methyl/N-ethyl adjacent to an activating group) is 2. The van der Waals surface area contributed by atoms with Crippen molar-refractivity contribution in [1.82, 2.24) is 10.2 Å². The van der Waals surface area contributed by atoms with Gasteiger partial charge in [-0.15, -0.1) is 0 Å². The van der Waals surface area contributed by atoms with E-state index in [4.69, 9.17) is 0 Å². The molecule has 0 heterocycles. The Morgan fingerprint density at radius 3 is 2.10 bits per heavy atom. The lowest BCUT2D eigenvalue weighted by Gasteiger charge is -2.49. The fourth-order valence-electron chi connectivity index (χ4n) is 4.34. The summed E-state index contributed by atoms with van der Waals surface area (Å²) in [5, 5.41) is 3.84. The van der Waals surface area contributed by atoms with E-state index in [2.05, 4.69) is 58.7 Å². The molecule has 2 nitrogen and oxygen atoms in total. The number of hydrogen-bond acceptors (Lipinski definition) is 2. The Morgan fingerprint density at radius 1 is 1.05 bits per heavy atom. The van der Waals surface area contributed by atoms with Crippen LogP contribution in [0.1, 0.15) is 67.7 Å². The highest BCUT2D eigenvalue weighted by atomic mass is 15.2. The van der Waals surface area contributed by atoms with E-state index in [1.54, 1.807) is 0 Å². The highest BCUT2D eigenvalue weighted by Gasteiger charge is 2.40. The van der Waals surface area contributed by atoms with Gasteiger partial charge in [0.2, 0.25) is 0 Å². The van der Waals surface area contributed by atoms with Crippen molar-refractivity contribution in [2.24, 2.45) is 17.8 Å². The van der Waals surface area contributed by atoms with Crippen LogP contribution in [0.3, 0.4) is 0 Å². The SMILES string of the molecule is CCNC(C1CCC(C)C(C)C1)C(C)(C)N(CC)CC. The quantitative estimate of drug-likeness (QED) is 0.754. The minimum atomic E-state index is 0.241. The molecule has 0 aromatic heterocycles. The molecule has 0 radical (unpaired) electrons. The second kappa shape index (κ2) is 7.79. The van der Waals surface area contributed by atoms with E-state index in [0.29, 0.717) is 6.04 Å². The lowest BCUT2D eigenvalue weighted by Crippen LogP contribution is -2.61. The Labute approximate surface area is 127 Å². The van der Waals surface area contributed by atoms with Crippen molar-refractivity contribution in [3.8, 4) is 0 Å². The van der Waals surface area contributed by atoms with Crippen LogP contribution in [0.2, 0.25) is 0 Å². The second-order valence-corrected chi connectivity index (χ2v) is 7.39. The zero-order valence-corrected chi connectivity index (χ0v) is 15.0. The minimum absolute atomic E-state index is 0.241. The van der Waals surface area contributed by atoms with Crippen molar-refractivity contribution >= 4 is 0 Å². The Kier molecular flexibility index (Phi) is 7.00. The maximum Gasteiger partial charge on any atom is 0.0308 e. The van der Waals surface area contributed by atoms with E-state index in [1.807, 2.05) is 0 Å². The van der Waals surface area contributed by atoms with E-state index in [9.17, 15) is 0 Å². The fourth-order valence-corrected chi connectivity index (χ4v) is 4.34. The van der Waals surface area contributed by atoms with Gasteiger partial charge in [-0.05, 0) is 64.1 Å². The van der Waals surface area contributed by atoms with E-state index in [-0.39, 0.29) is 5.54 Å². The van der Waals surface area contributed by atoms with Gasteiger partial charge >= 0.3 is 0 Å². The van der Waals surface area contributed by atoms with E-state index >= 15 is 0 Å². The van der Waals surface area contributed by atoms with Crippen LogP contribution in [0.5, 0.6) is 0 Å². The summed E-state index contributed by atoms with van der Waals surface area (Å²) in [5.41, 5.74) is 0.241. The van der Waals surface area contributed by atoms with Crippen molar-refractivity contribution in [3.05, 3.63) is 0 Å². The molecule has 4 unspecified atom stereocenters. The summed E-state index contributed by atoms with van der Waals surface area (Å²) in [5.74, 6) is 2.62. The third-order valence-corrected chi connectivity index (χ3v) is 5.87. The van der Waals surface area contributed by atoms with Crippen LogP contribution in [-0.2, 0) is 0 Å². The van der Waals surface area contributed by atoms with Gasteiger partial charge in [-0.2, -0.15) is 0 Å². The fraction of sp³-hybridized carbons (Fsp3) is 1.00. The van der Waals surface area contributed by atoms with Crippen LogP contribution >= 0.6 is 0 Å². The third-order valence-electron chi connectivity index (χ3n) is 5.87. The highest BCUT2D eigenvalue weighted by molar-refractivity contribution is 4.98. The molecule has 1 rings (SSSR count). The summed E-state index contributed by atoms with van der Waals surface area (Å²) in [7, 11) is 0. The van der Waals surface area contributed by atoms with Crippen molar-refractivity contribution in [2.75, 3.05) is 19.6 Å². The first-order chi connectivity index (χ1) is 9.38. The van der Waals surface area contributed by atoms with Gasteiger partial charge in [0.25, 0.3) is 0 Å². The lowest BCUT2D eigenvalue weighted by molar-refractivity contribution is 0.0414. The van der Waals surface area contributed by atoms with E-state index < -0.39 is 0 Å². The molecule has 20 heavy (non-hydrogen) atoms. The molecule has 1 N–H and O–H groups in total. The molecule has 0 spiro atoms. The predicted molar refractivity (Wildman–Crippen MR) is 90.1 cm³/mol. The highest BCUT2D eigenvalue weighted by Crippen LogP contribution is 2.38. The van der Waals surface area contributed by atoms with Gasteiger partial charge in [0.1, 0.15) is 0 Å². The second-order valence-electron chi connectivity index (χ2n) is 7.39. The van der Waals surface area contributed by atoms with Crippen molar-refractivity contribution < 1.29 is 0 Å². The number of hydrogen-bond donors (Lipinski definition) is 1. The zero-order valence-electron chi connectivity index (χ0n) is 15.0. The monoisotopic (exact) mass is 282 g/mol. The van der Waals surface area contributed by atoms with Crippen molar-refractivity contribution in [3.63, 3.8) is 0 Å². The summed E-state index contributed by atoms with van der Waals surface area (Å²) < 4.78 is 0. The van der Waals surface area contributed by atoms with Crippen molar-refractivity contribution in [1.29, 1.82) is 0 Å². The first-order valence-corrected chi connectivity index (χ1v) is 8.86. The van der Waals surface area contributed by atoms with Gasteiger partial charge in [0.05, 0.1) is 0 Å². The molecule has 1 aliphatic carbocycles. The van der Waals surface area contributed by atoms with E-state index in [0.717, 1.165) is 37.4 Å². The summed E-state index contributed by atoms with van der Waals surface area (Å²) in [6.45, 7) is 20.0. The van der Waals surface area contributed by atoms with Crippen LogP contribution in [0.25, 0.3) is 0 Å². The Balaban J connectivity index is 2.87. The first kappa shape index (κ1) is 18.0.